The summed E-state index contributed by atoms with van der Waals surface area (Å²) in [6.07, 6.45) is -2.95. The van der Waals surface area contributed by atoms with Crippen LogP contribution in [0.4, 0.5) is 19.0 Å². The van der Waals surface area contributed by atoms with E-state index in [-0.39, 0.29) is 0 Å². The average Bonchev–Trinajstić information content (AvgIpc) is 3.06. The minimum atomic E-state index is -4.44. The number of rotatable bonds is 2. The lowest BCUT2D eigenvalue weighted by atomic mass is 10.1. The standard InChI is InChI=1S/C19H17F3N6/c1-26-7-9-27(10-8-26)18-15(12-23)17-24-6-5-16(28(17)25-18)13-3-2-4-14(11-13)19(20,21)22/h2-6,11H,7-10H2,1H3. The van der Waals surface area contributed by atoms with Crippen molar-refractivity contribution in [3.63, 3.8) is 0 Å². The first-order chi connectivity index (χ1) is 13.4. The first kappa shape index (κ1) is 18.3. The Bertz CT molecular complexity index is 1060. The van der Waals surface area contributed by atoms with Gasteiger partial charge in [-0.1, -0.05) is 12.1 Å². The van der Waals surface area contributed by atoms with Crippen molar-refractivity contribution in [3.8, 4) is 17.3 Å². The van der Waals surface area contributed by atoms with Gasteiger partial charge >= 0.3 is 6.18 Å². The fourth-order valence-electron chi connectivity index (χ4n) is 3.35. The van der Waals surface area contributed by atoms with E-state index in [4.69, 9.17) is 0 Å². The van der Waals surface area contributed by atoms with Crippen molar-refractivity contribution >= 4 is 11.5 Å². The Balaban J connectivity index is 1.85. The van der Waals surface area contributed by atoms with Gasteiger partial charge in [0, 0.05) is 37.9 Å². The van der Waals surface area contributed by atoms with Crippen LogP contribution in [0.1, 0.15) is 11.1 Å². The van der Waals surface area contributed by atoms with Gasteiger partial charge in [-0.2, -0.15) is 18.4 Å². The second kappa shape index (κ2) is 6.80. The number of hydrogen-bond donors (Lipinski definition) is 0. The molecule has 9 heteroatoms. The zero-order valence-corrected chi connectivity index (χ0v) is 15.1. The van der Waals surface area contributed by atoms with Crippen LogP contribution >= 0.6 is 0 Å². The van der Waals surface area contributed by atoms with Crippen LogP contribution in [0.3, 0.4) is 0 Å². The number of halogens is 3. The SMILES string of the molecule is CN1CCN(c2nn3c(-c4cccc(C(F)(F)F)c4)ccnc3c2C#N)CC1. The molecular weight excluding hydrogens is 369 g/mol. The molecule has 1 fully saturated rings. The molecule has 0 aliphatic carbocycles. The summed E-state index contributed by atoms with van der Waals surface area (Å²) >= 11 is 0. The predicted octanol–water partition coefficient (Wildman–Crippen LogP) is 3.04. The zero-order valence-electron chi connectivity index (χ0n) is 15.1. The molecule has 1 aliphatic rings. The van der Waals surface area contributed by atoms with Crippen molar-refractivity contribution in [1.82, 2.24) is 19.5 Å². The fourth-order valence-corrected chi connectivity index (χ4v) is 3.35. The Kier molecular flexibility index (Phi) is 4.43. The maximum Gasteiger partial charge on any atom is 0.416 e. The normalized spacial score (nSPS) is 15.8. The van der Waals surface area contributed by atoms with E-state index in [2.05, 4.69) is 21.1 Å². The van der Waals surface area contributed by atoms with Gasteiger partial charge < -0.3 is 9.80 Å². The van der Waals surface area contributed by atoms with Crippen LogP contribution in [0.2, 0.25) is 0 Å². The first-order valence-corrected chi connectivity index (χ1v) is 8.77. The monoisotopic (exact) mass is 386 g/mol. The summed E-state index contributed by atoms with van der Waals surface area (Å²) < 4.78 is 40.8. The van der Waals surface area contributed by atoms with Gasteiger partial charge in [-0.05, 0) is 25.2 Å². The predicted molar refractivity (Wildman–Crippen MR) is 97.9 cm³/mol. The van der Waals surface area contributed by atoms with E-state index >= 15 is 0 Å². The van der Waals surface area contributed by atoms with Crippen molar-refractivity contribution in [2.24, 2.45) is 0 Å². The Morgan fingerprint density at radius 3 is 2.54 bits per heavy atom. The molecule has 4 rings (SSSR count). The van der Waals surface area contributed by atoms with Gasteiger partial charge in [0.2, 0.25) is 0 Å². The number of piperazine rings is 1. The number of likely N-dealkylation sites (N-methyl/N-ethyl adjacent to an activating group) is 1. The molecule has 3 heterocycles. The number of hydrogen-bond acceptors (Lipinski definition) is 5. The van der Waals surface area contributed by atoms with Crippen LogP contribution in [0.15, 0.2) is 36.5 Å². The highest BCUT2D eigenvalue weighted by atomic mass is 19.4. The summed E-state index contributed by atoms with van der Waals surface area (Å²) in [4.78, 5) is 8.46. The van der Waals surface area contributed by atoms with Crippen molar-refractivity contribution < 1.29 is 13.2 Å². The summed E-state index contributed by atoms with van der Waals surface area (Å²) in [5.74, 6) is 0.516. The van der Waals surface area contributed by atoms with E-state index in [0.29, 0.717) is 41.4 Å². The quantitative estimate of drug-likeness (QED) is 0.678. The third kappa shape index (κ3) is 3.16. The maximum absolute atomic E-state index is 13.1. The molecule has 1 saturated heterocycles. The number of nitriles is 1. The Hall–Kier alpha value is -3.12. The second-order valence-electron chi connectivity index (χ2n) is 6.74. The Morgan fingerprint density at radius 2 is 1.86 bits per heavy atom. The highest BCUT2D eigenvalue weighted by Gasteiger charge is 2.31. The van der Waals surface area contributed by atoms with Gasteiger partial charge in [0.25, 0.3) is 0 Å². The van der Waals surface area contributed by atoms with Gasteiger partial charge in [0.15, 0.2) is 11.5 Å². The molecule has 0 N–H and O–H groups in total. The minimum absolute atomic E-state index is 0.332. The molecule has 2 aromatic heterocycles. The lowest BCUT2D eigenvalue weighted by Gasteiger charge is -2.32. The number of nitrogens with zero attached hydrogens (tertiary/aromatic N) is 6. The van der Waals surface area contributed by atoms with Crippen LogP contribution in [0, 0.1) is 11.3 Å². The van der Waals surface area contributed by atoms with Crippen LogP contribution in [-0.2, 0) is 6.18 Å². The molecule has 3 aromatic rings. The molecule has 6 nitrogen and oxygen atoms in total. The van der Waals surface area contributed by atoms with Gasteiger partial charge in [-0.15, -0.1) is 5.10 Å². The third-order valence-corrected chi connectivity index (χ3v) is 4.90. The molecule has 28 heavy (non-hydrogen) atoms. The number of benzene rings is 1. The van der Waals surface area contributed by atoms with E-state index in [1.165, 1.54) is 16.8 Å². The Morgan fingerprint density at radius 1 is 1.11 bits per heavy atom. The molecule has 0 radical (unpaired) electrons. The van der Waals surface area contributed by atoms with Crippen LogP contribution in [0.5, 0.6) is 0 Å². The molecule has 0 unspecified atom stereocenters. The van der Waals surface area contributed by atoms with Gasteiger partial charge in [-0.25, -0.2) is 9.50 Å². The van der Waals surface area contributed by atoms with E-state index in [1.807, 2.05) is 11.9 Å². The van der Waals surface area contributed by atoms with E-state index < -0.39 is 11.7 Å². The van der Waals surface area contributed by atoms with Crippen LogP contribution in [0.25, 0.3) is 16.9 Å². The Labute approximate surface area is 159 Å². The number of fused-ring (bicyclic) bond motifs is 1. The van der Waals surface area contributed by atoms with Crippen molar-refractivity contribution in [2.45, 2.75) is 6.18 Å². The zero-order chi connectivity index (χ0) is 19.9. The molecule has 0 spiro atoms. The molecule has 0 amide bonds. The number of alkyl halides is 3. The fraction of sp³-hybridized carbons (Fsp3) is 0.316. The number of anilines is 1. The van der Waals surface area contributed by atoms with Gasteiger partial charge in [-0.3, -0.25) is 0 Å². The van der Waals surface area contributed by atoms with Crippen molar-refractivity contribution in [2.75, 3.05) is 38.1 Å². The minimum Gasteiger partial charge on any atom is -0.351 e. The molecule has 0 saturated carbocycles. The lowest BCUT2D eigenvalue weighted by Crippen LogP contribution is -2.44. The topological polar surface area (TPSA) is 60.5 Å². The highest BCUT2D eigenvalue weighted by Crippen LogP contribution is 2.33. The number of aromatic nitrogens is 3. The third-order valence-electron chi connectivity index (χ3n) is 4.90. The summed E-state index contributed by atoms with van der Waals surface area (Å²) in [7, 11) is 2.03. The second-order valence-corrected chi connectivity index (χ2v) is 6.74. The summed E-state index contributed by atoms with van der Waals surface area (Å²) in [6.45, 7) is 3.11. The van der Waals surface area contributed by atoms with E-state index in [0.717, 1.165) is 25.2 Å². The van der Waals surface area contributed by atoms with Crippen LogP contribution < -0.4 is 4.90 Å². The van der Waals surface area contributed by atoms with Crippen molar-refractivity contribution in [3.05, 3.63) is 47.7 Å². The molecule has 1 aromatic carbocycles. The van der Waals surface area contributed by atoms with E-state index in [9.17, 15) is 18.4 Å². The first-order valence-electron chi connectivity index (χ1n) is 8.77. The van der Waals surface area contributed by atoms with Gasteiger partial charge in [0.05, 0.1) is 11.3 Å². The molecular formula is C19H17F3N6. The molecule has 0 bridgehead atoms. The maximum atomic E-state index is 13.1. The molecule has 0 atom stereocenters. The smallest absolute Gasteiger partial charge is 0.351 e. The lowest BCUT2D eigenvalue weighted by molar-refractivity contribution is -0.137. The summed E-state index contributed by atoms with van der Waals surface area (Å²) in [6, 6.07) is 8.82. The summed E-state index contributed by atoms with van der Waals surface area (Å²) in [5, 5.41) is 14.2. The van der Waals surface area contributed by atoms with Gasteiger partial charge in [0.1, 0.15) is 11.6 Å². The average molecular weight is 386 g/mol. The van der Waals surface area contributed by atoms with Crippen molar-refractivity contribution in [1.29, 1.82) is 5.26 Å². The van der Waals surface area contributed by atoms with Crippen LogP contribution in [-0.4, -0.2) is 52.7 Å². The largest absolute Gasteiger partial charge is 0.416 e. The van der Waals surface area contributed by atoms with E-state index in [1.54, 1.807) is 12.1 Å². The highest BCUT2D eigenvalue weighted by molar-refractivity contribution is 5.73. The molecule has 144 valence electrons. The molecule has 1 aliphatic heterocycles. The summed E-state index contributed by atoms with van der Waals surface area (Å²) in [5.41, 5.74) is 0.749.